The van der Waals surface area contributed by atoms with E-state index in [0.29, 0.717) is 12.5 Å². The Hall–Kier alpha value is -3.79. The van der Waals surface area contributed by atoms with Crippen LogP contribution in [0.5, 0.6) is 5.75 Å². The summed E-state index contributed by atoms with van der Waals surface area (Å²) in [5, 5.41) is 5.92. The number of hydrogen-bond donors (Lipinski definition) is 2. The van der Waals surface area contributed by atoms with E-state index in [1.807, 2.05) is 6.92 Å². The average Bonchev–Trinajstić information content (AvgIpc) is 3.25. The van der Waals surface area contributed by atoms with Crippen LogP contribution in [0, 0.1) is 12.8 Å². The third kappa shape index (κ3) is 3.65. The molecule has 0 saturated carbocycles. The average molecular weight is 462 g/mol. The first-order valence-electron chi connectivity index (χ1n) is 12.4. The molecular formula is C31H31N3O. The molecule has 0 bridgehead atoms. The standard InChI is InChI=1S/C31H31N3O/c1-17(2)19(4)32-29-18(3)6-7-23-14-21(8-11-25(23)29)22-9-12-26-24(15-22)10-13-27-30-28(16-35-31(26)27)33-20(5)34-30/h8-15,17,32H,4,6-7,16H2,1-3,5H3,(H,33,34). The van der Waals surface area contributed by atoms with Crippen LogP contribution >= 0.6 is 0 Å². The topological polar surface area (TPSA) is 49.9 Å². The van der Waals surface area contributed by atoms with Crippen molar-refractivity contribution in [3.8, 4) is 28.1 Å². The molecule has 2 aliphatic rings. The quantitative estimate of drug-likeness (QED) is 0.330. The van der Waals surface area contributed by atoms with Gasteiger partial charge in [0.2, 0.25) is 0 Å². The van der Waals surface area contributed by atoms with Crippen LogP contribution in [0.3, 0.4) is 0 Å². The minimum atomic E-state index is 0.399. The van der Waals surface area contributed by atoms with Crippen LogP contribution in [-0.2, 0) is 13.0 Å². The van der Waals surface area contributed by atoms with Crippen LogP contribution in [-0.4, -0.2) is 9.97 Å². The lowest BCUT2D eigenvalue weighted by Crippen LogP contribution is -2.19. The maximum atomic E-state index is 6.18. The van der Waals surface area contributed by atoms with Gasteiger partial charge in [-0.1, -0.05) is 56.8 Å². The van der Waals surface area contributed by atoms with Crippen LogP contribution in [0.4, 0.5) is 0 Å². The summed E-state index contributed by atoms with van der Waals surface area (Å²) in [4.78, 5) is 8.01. The predicted octanol–water partition coefficient (Wildman–Crippen LogP) is 7.53. The van der Waals surface area contributed by atoms with Gasteiger partial charge in [-0.05, 0) is 72.4 Å². The van der Waals surface area contributed by atoms with Gasteiger partial charge in [0, 0.05) is 27.9 Å². The first-order valence-corrected chi connectivity index (χ1v) is 12.4. The first kappa shape index (κ1) is 21.7. The van der Waals surface area contributed by atoms with E-state index in [9.17, 15) is 0 Å². The number of aromatic amines is 1. The number of aryl methyl sites for hydroxylation is 2. The van der Waals surface area contributed by atoms with Crippen molar-refractivity contribution in [3.05, 3.63) is 89.0 Å². The molecule has 0 atom stereocenters. The molecule has 6 rings (SSSR count). The summed E-state index contributed by atoms with van der Waals surface area (Å²) in [5.74, 6) is 2.25. The van der Waals surface area contributed by atoms with Crippen LogP contribution in [0.15, 0.2) is 66.4 Å². The van der Waals surface area contributed by atoms with Gasteiger partial charge in [-0.15, -0.1) is 0 Å². The number of ether oxygens (including phenoxy) is 1. The number of nitrogens with zero attached hydrogens (tertiary/aromatic N) is 1. The van der Waals surface area contributed by atoms with Gasteiger partial charge in [-0.3, -0.25) is 0 Å². The normalized spacial score (nSPS) is 14.4. The number of aromatic nitrogens is 2. The number of fused-ring (bicyclic) bond motifs is 6. The fourth-order valence-electron chi connectivity index (χ4n) is 5.22. The van der Waals surface area contributed by atoms with Crippen molar-refractivity contribution in [1.82, 2.24) is 15.3 Å². The zero-order valence-electron chi connectivity index (χ0n) is 20.9. The number of hydrogen-bond acceptors (Lipinski definition) is 3. The van der Waals surface area contributed by atoms with Gasteiger partial charge in [-0.2, -0.15) is 0 Å². The van der Waals surface area contributed by atoms with Crippen molar-refractivity contribution in [2.45, 2.75) is 47.1 Å². The van der Waals surface area contributed by atoms with Crippen molar-refractivity contribution >= 4 is 16.5 Å². The van der Waals surface area contributed by atoms with Gasteiger partial charge in [0.25, 0.3) is 0 Å². The fourth-order valence-corrected chi connectivity index (χ4v) is 5.22. The molecule has 0 saturated heterocycles. The Morgan fingerprint density at radius 3 is 2.60 bits per heavy atom. The van der Waals surface area contributed by atoms with E-state index in [4.69, 9.17) is 9.72 Å². The van der Waals surface area contributed by atoms with E-state index in [0.717, 1.165) is 52.5 Å². The summed E-state index contributed by atoms with van der Waals surface area (Å²) in [5.41, 5.74) is 12.0. The van der Waals surface area contributed by atoms with E-state index in [2.05, 4.69) is 86.2 Å². The Morgan fingerprint density at radius 1 is 1.00 bits per heavy atom. The van der Waals surface area contributed by atoms with E-state index < -0.39 is 0 Å². The number of H-pyrrole nitrogens is 1. The second-order valence-electron chi connectivity index (χ2n) is 10.1. The van der Waals surface area contributed by atoms with Crippen LogP contribution < -0.4 is 10.1 Å². The number of rotatable bonds is 4. The first-order chi connectivity index (χ1) is 16.9. The highest BCUT2D eigenvalue weighted by Gasteiger charge is 2.23. The molecule has 0 unspecified atom stereocenters. The van der Waals surface area contributed by atoms with Crippen LogP contribution in [0.25, 0.3) is 38.9 Å². The van der Waals surface area contributed by atoms with Crippen molar-refractivity contribution in [2.75, 3.05) is 0 Å². The van der Waals surface area contributed by atoms with E-state index in [-0.39, 0.29) is 0 Å². The summed E-state index contributed by atoms with van der Waals surface area (Å²) < 4.78 is 6.18. The van der Waals surface area contributed by atoms with Crippen molar-refractivity contribution in [2.24, 2.45) is 5.92 Å². The number of imidazole rings is 1. The molecule has 4 nitrogen and oxygen atoms in total. The minimum absolute atomic E-state index is 0.399. The maximum Gasteiger partial charge on any atom is 0.137 e. The third-order valence-electron chi connectivity index (χ3n) is 7.37. The molecular weight excluding hydrogens is 430 g/mol. The van der Waals surface area contributed by atoms with Gasteiger partial charge in [0.15, 0.2) is 0 Å². The number of nitrogens with one attached hydrogen (secondary N) is 2. The second-order valence-corrected chi connectivity index (χ2v) is 10.1. The molecule has 1 aliphatic heterocycles. The Morgan fingerprint density at radius 2 is 1.77 bits per heavy atom. The summed E-state index contributed by atoms with van der Waals surface area (Å²) >= 11 is 0. The molecule has 3 aromatic carbocycles. The number of benzene rings is 3. The van der Waals surface area contributed by atoms with E-state index >= 15 is 0 Å². The molecule has 2 N–H and O–H groups in total. The summed E-state index contributed by atoms with van der Waals surface area (Å²) in [6, 6.07) is 17.9. The molecule has 35 heavy (non-hydrogen) atoms. The SMILES string of the molecule is C=C(NC1=C(C)CCc2cc(-c3ccc4c5c(ccc4c3)-c3nc(C)[nH]c3CO5)ccc21)C(C)C. The highest BCUT2D eigenvalue weighted by atomic mass is 16.5. The van der Waals surface area contributed by atoms with Gasteiger partial charge in [-0.25, -0.2) is 4.98 Å². The Bertz CT molecular complexity index is 1540. The maximum absolute atomic E-state index is 6.18. The molecule has 0 radical (unpaired) electrons. The lowest BCUT2D eigenvalue weighted by atomic mass is 9.87. The van der Waals surface area contributed by atoms with Gasteiger partial charge in [0.05, 0.1) is 11.4 Å². The number of allylic oxidation sites excluding steroid dienone is 2. The lowest BCUT2D eigenvalue weighted by molar-refractivity contribution is 0.301. The Balaban J connectivity index is 1.37. The van der Waals surface area contributed by atoms with Gasteiger partial charge < -0.3 is 15.0 Å². The molecule has 1 aliphatic carbocycles. The van der Waals surface area contributed by atoms with Crippen molar-refractivity contribution < 1.29 is 4.74 Å². The van der Waals surface area contributed by atoms with Crippen LogP contribution in [0.2, 0.25) is 0 Å². The molecule has 1 aromatic heterocycles. The van der Waals surface area contributed by atoms with Crippen LogP contribution in [0.1, 0.15) is 49.8 Å². The summed E-state index contributed by atoms with van der Waals surface area (Å²) in [7, 11) is 0. The molecule has 176 valence electrons. The Kier molecular flexibility index (Phi) is 5.06. The monoisotopic (exact) mass is 461 g/mol. The van der Waals surface area contributed by atoms with E-state index in [1.54, 1.807) is 0 Å². The highest BCUT2D eigenvalue weighted by molar-refractivity contribution is 5.97. The zero-order valence-corrected chi connectivity index (χ0v) is 20.9. The molecule has 0 amide bonds. The smallest absolute Gasteiger partial charge is 0.137 e. The highest BCUT2D eigenvalue weighted by Crippen LogP contribution is 2.42. The molecule has 4 heteroatoms. The molecule has 2 heterocycles. The lowest BCUT2D eigenvalue weighted by Gasteiger charge is -2.25. The predicted molar refractivity (Wildman–Crippen MR) is 144 cm³/mol. The van der Waals surface area contributed by atoms with Gasteiger partial charge in [0.1, 0.15) is 18.2 Å². The Labute approximate surface area is 206 Å². The molecule has 0 fully saturated rings. The molecule has 4 aromatic rings. The third-order valence-corrected chi connectivity index (χ3v) is 7.37. The largest absolute Gasteiger partial charge is 0.486 e. The summed E-state index contributed by atoms with van der Waals surface area (Å²) in [6.45, 7) is 13.3. The van der Waals surface area contributed by atoms with Crippen molar-refractivity contribution in [1.29, 1.82) is 0 Å². The minimum Gasteiger partial charge on any atom is -0.486 e. The summed E-state index contributed by atoms with van der Waals surface area (Å²) in [6.07, 6.45) is 2.13. The van der Waals surface area contributed by atoms with E-state index in [1.165, 1.54) is 38.9 Å². The fraction of sp³-hybridized carbons (Fsp3) is 0.258. The zero-order chi connectivity index (χ0) is 24.3. The van der Waals surface area contributed by atoms with Crippen molar-refractivity contribution in [3.63, 3.8) is 0 Å². The molecule has 0 spiro atoms. The second kappa shape index (κ2) is 8.16. The van der Waals surface area contributed by atoms with Gasteiger partial charge >= 0.3 is 0 Å².